The number of amides is 3. The SMILES string of the molecule is COc1cc(C[C@H](NC(=O)[C@H](C)NC(=O)CN2CCOCC2)C(=O)N[C@@H](Cc2ccccc2)C(=O)[C@@]2(C)CO2)ccc1O. The van der Waals surface area contributed by atoms with E-state index in [1.807, 2.05) is 35.2 Å². The number of phenolic OH excluding ortho intramolecular Hbond substituents is 1. The van der Waals surface area contributed by atoms with E-state index in [2.05, 4.69) is 16.0 Å². The number of rotatable bonds is 14. The molecule has 0 unspecified atom stereocenters. The Morgan fingerprint density at radius 2 is 1.60 bits per heavy atom. The fourth-order valence-corrected chi connectivity index (χ4v) is 4.86. The van der Waals surface area contributed by atoms with E-state index >= 15 is 0 Å². The van der Waals surface area contributed by atoms with Gasteiger partial charge in [-0.15, -0.1) is 0 Å². The van der Waals surface area contributed by atoms with Crippen LogP contribution in [-0.4, -0.2) is 104 Å². The highest BCUT2D eigenvalue weighted by molar-refractivity contribution is 5.98. The number of hydrogen-bond acceptors (Lipinski definition) is 9. The van der Waals surface area contributed by atoms with Crippen molar-refractivity contribution in [2.75, 3.05) is 46.6 Å². The van der Waals surface area contributed by atoms with Gasteiger partial charge in [-0.05, 0) is 43.5 Å². The van der Waals surface area contributed by atoms with Crippen molar-refractivity contribution >= 4 is 23.5 Å². The van der Waals surface area contributed by atoms with Gasteiger partial charge in [-0.1, -0.05) is 36.4 Å². The van der Waals surface area contributed by atoms with Crippen molar-refractivity contribution in [1.82, 2.24) is 20.9 Å². The number of methoxy groups -OCH3 is 1. The van der Waals surface area contributed by atoms with Gasteiger partial charge in [-0.3, -0.25) is 24.1 Å². The van der Waals surface area contributed by atoms with Crippen molar-refractivity contribution in [2.24, 2.45) is 0 Å². The highest BCUT2D eigenvalue weighted by Gasteiger charge is 2.50. The van der Waals surface area contributed by atoms with E-state index < -0.39 is 35.5 Å². The normalized spacial score (nSPS) is 20.3. The van der Waals surface area contributed by atoms with Crippen LogP contribution < -0.4 is 20.7 Å². The molecule has 4 atom stereocenters. The minimum atomic E-state index is -1.11. The summed E-state index contributed by atoms with van der Waals surface area (Å²) < 4.78 is 15.9. The number of epoxide rings is 1. The largest absolute Gasteiger partial charge is 0.504 e. The molecule has 2 aliphatic heterocycles. The van der Waals surface area contributed by atoms with Crippen molar-refractivity contribution in [3.63, 3.8) is 0 Å². The second-order valence-corrected chi connectivity index (χ2v) is 11.1. The molecule has 232 valence electrons. The first-order chi connectivity index (χ1) is 20.6. The maximum absolute atomic E-state index is 13.8. The average Bonchev–Trinajstić information content (AvgIpc) is 3.76. The molecule has 4 rings (SSSR count). The quantitative estimate of drug-likeness (QED) is 0.226. The number of hydrogen-bond donors (Lipinski definition) is 4. The van der Waals surface area contributed by atoms with Gasteiger partial charge < -0.3 is 35.3 Å². The third-order valence-corrected chi connectivity index (χ3v) is 7.57. The molecule has 2 saturated heterocycles. The molecule has 2 aromatic rings. The summed E-state index contributed by atoms with van der Waals surface area (Å²) >= 11 is 0. The topological polar surface area (TPSA) is 159 Å². The number of ether oxygens (including phenoxy) is 3. The van der Waals surface area contributed by atoms with Gasteiger partial charge >= 0.3 is 0 Å². The molecule has 0 bridgehead atoms. The number of carbonyl (C=O) groups is 4. The zero-order valence-electron chi connectivity index (χ0n) is 24.8. The number of Topliss-reactive ketones (excluding diaryl/α,β-unsaturated/α-hetero) is 1. The van der Waals surface area contributed by atoms with Gasteiger partial charge in [0.05, 0.1) is 39.5 Å². The third kappa shape index (κ3) is 8.99. The van der Waals surface area contributed by atoms with Gasteiger partial charge in [0.25, 0.3) is 0 Å². The van der Waals surface area contributed by atoms with Crippen molar-refractivity contribution < 1.29 is 38.5 Å². The summed E-state index contributed by atoms with van der Waals surface area (Å²) in [5, 5.41) is 18.3. The van der Waals surface area contributed by atoms with E-state index in [9.17, 15) is 24.3 Å². The Morgan fingerprint density at radius 1 is 0.953 bits per heavy atom. The number of ketones is 1. The average molecular weight is 597 g/mol. The Bertz CT molecular complexity index is 1290. The van der Waals surface area contributed by atoms with Gasteiger partial charge in [0.2, 0.25) is 17.7 Å². The van der Waals surface area contributed by atoms with Crippen molar-refractivity contribution in [1.29, 1.82) is 0 Å². The molecule has 2 heterocycles. The summed E-state index contributed by atoms with van der Waals surface area (Å²) in [6.07, 6.45) is 0.273. The molecule has 4 N–H and O–H groups in total. The number of benzene rings is 2. The van der Waals surface area contributed by atoms with Crippen LogP contribution in [0.4, 0.5) is 0 Å². The van der Waals surface area contributed by atoms with Crippen LogP contribution in [0.25, 0.3) is 0 Å². The minimum absolute atomic E-state index is 0.0304. The lowest BCUT2D eigenvalue weighted by atomic mass is 9.94. The zero-order valence-corrected chi connectivity index (χ0v) is 24.8. The molecule has 12 nitrogen and oxygen atoms in total. The zero-order chi connectivity index (χ0) is 31.0. The number of phenols is 1. The lowest BCUT2D eigenvalue weighted by molar-refractivity contribution is -0.134. The maximum atomic E-state index is 13.8. The molecule has 43 heavy (non-hydrogen) atoms. The molecule has 0 aromatic heterocycles. The number of nitrogens with zero attached hydrogens (tertiary/aromatic N) is 1. The Balaban J connectivity index is 1.49. The van der Waals surface area contributed by atoms with E-state index in [0.29, 0.717) is 31.9 Å². The van der Waals surface area contributed by atoms with Crippen LogP contribution in [0.2, 0.25) is 0 Å². The van der Waals surface area contributed by atoms with Gasteiger partial charge in [-0.2, -0.15) is 0 Å². The summed E-state index contributed by atoms with van der Waals surface area (Å²) in [6.45, 7) is 5.95. The van der Waals surface area contributed by atoms with Crippen LogP contribution in [-0.2, 0) is 41.5 Å². The van der Waals surface area contributed by atoms with Gasteiger partial charge in [-0.25, -0.2) is 0 Å². The molecular formula is C31H40N4O8. The van der Waals surface area contributed by atoms with E-state index in [0.717, 1.165) is 5.56 Å². The van der Waals surface area contributed by atoms with Crippen molar-refractivity contribution in [3.8, 4) is 11.5 Å². The lowest BCUT2D eigenvalue weighted by Gasteiger charge is -2.27. The van der Waals surface area contributed by atoms with Crippen LogP contribution in [0.15, 0.2) is 48.5 Å². The summed E-state index contributed by atoms with van der Waals surface area (Å²) in [5.74, 6) is -1.58. The number of nitrogens with one attached hydrogen (secondary N) is 3. The maximum Gasteiger partial charge on any atom is 0.243 e. The first-order valence-corrected chi connectivity index (χ1v) is 14.4. The van der Waals surface area contributed by atoms with Crippen molar-refractivity contribution in [2.45, 2.75) is 50.4 Å². The fourth-order valence-electron chi connectivity index (χ4n) is 4.86. The van der Waals surface area contributed by atoms with Gasteiger partial charge in [0.15, 0.2) is 17.3 Å². The smallest absolute Gasteiger partial charge is 0.243 e. The van der Waals surface area contributed by atoms with Crippen LogP contribution in [0.5, 0.6) is 11.5 Å². The molecule has 0 spiro atoms. The van der Waals surface area contributed by atoms with Crippen LogP contribution in [0.3, 0.4) is 0 Å². The van der Waals surface area contributed by atoms with Gasteiger partial charge in [0.1, 0.15) is 17.7 Å². The molecule has 0 radical (unpaired) electrons. The summed E-state index contributed by atoms with van der Waals surface area (Å²) in [5.41, 5.74) is 0.475. The summed E-state index contributed by atoms with van der Waals surface area (Å²) in [7, 11) is 1.41. The number of carbonyl (C=O) groups excluding carboxylic acids is 4. The third-order valence-electron chi connectivity index (χ3n) is 7.57. The fraction of sp³-hybridized carbons (Fsp3) is 0.484. The molecule has 3 amide bonds. The van der Waals surface area contributed by atoms with Crippen LogP contribution >= 0.6 is 0 Å². The van der Waals surface area contributed by atoms with Crippen LogP contribution in [0, 0.1) is 0 Å². The molecular weight excluding hydrogens is 556 g/mol. The van der Waals surface area contributed by atoms with E-state index in [-0.39, 0.29) is 49.2 Å². The van der Waals surface area contributed by atoms with Gasteiger partial charge in [0, 0.05) is 19.5 Å². The van der Waals surface area contributed by atoms with Crippen molar-refractivity contribution in [3.05, 3.63) is 59.7 Å². The number of morpholine rings is 1. The van der Waals surface area contributed by atoms with Crippen LogP contribution in [0.1, 0.15) is 25.0 Å². The van der Waals surface area contributed by atoms with E-state index in [1.165, 1.54) is 20.1 Å². The molecule has 2 aromatic carbocycles. The van der Waals surface area contributed by atoms with E-state index in [4.69, 9.17) is 14.2 Å². The molecule has 2 aliphatic rings. The Morgan fingerprint density at radius 3 is 2.26 bits per heavy atom. The standard InChI is InChI=1S/C31H40N4O8/c1-20(32-27(37)18-35-11-13-42-14-12-35)29(39)34-24(16-22-9-10-25(36)26(17-22)41-3)30(40)33-23(28(38)31(2)19-43-31)15-21-7-5-4-6-8-21/h4-10,17,20,23-24,36H,11-16,18-19H2,1-3H3,(H,32,37)(H,33,40)(H,34,39)/t20-,23-,24-,31+/m0/s1. The Labute approximate surface area is 251 Å². The second kappa shape index (κ2) is 14.5. The second-order valence-electron chi connectivity index (χ2n) is 11.1. The summed E-state index contributed by atoms with van der Waals surface area (Å²) in [6, 6.07) is 11.0. The minimum Gasteiger partial charge on any atom is -0.504 e. The molecule has 2 fully saturated rings. The Kier molecular flexibility index (Phi) is 10.7. The molecule has 0 aliphatic carbocycles. The monoisotopic (exact) mass is 596 g/mol. The lowest BCUT2D eigenvalue weighted by Crippen LogP contribution is -2.57. The van der Waals surface area contributed by atoms with E-state index in [1.54, 1.807) is 19.1 Å². The molecule has 12 heteroatoms. The summed E-state index contributed by atoms with van der Waals surface area (Å²) in [4.78, 5) is 54.9. The molecule has 0 saturated carbocycles. The highest BCUT2D eigenvalue weighted by Crippen LogP contribution is 2.29. The first kappa shape index (κ1) is 31.9. The number of aromatic hydroxyl groups is 1. The Hall–Kier alpha value is -4.00. The first-order valence-electron chi connectivity index (χ1n) is 14.4. The predicted molar refractivity (Wildman–Crippen MR) is 157 cm³/mol. The predicted octanol–water partition coefficient (Wildman–Crippen LogP) is 0.351. The highest BCUT2D eigenvalue weighted by atomic mass is 16.6.